The van der Waals surface area contributed by atoms with Crippen LogP contribution in [-0.4, -0.2) is 34.8 Å². The first-order valence-electron chi connectivity index (χ1n) is 7.48. The van der Waals surface area contributed by atoms with Crippen molar-refractivity contribution in [3.63, 3.8) is 0 Å². The van der Waals surface area contributed by atoms with Crippen molar-refractivity contribution in [3.8, 4) is 0 Å². The molecule has 0 atom stereocenters. The lowest BCUT2D eigenvalue weighted by molar-refractivity contribution is 0.0767. The molecule has 126 valence electrons. The lowest BCUT2D eigenvalue weighted by atomic mass is 10.2. The van der Waals surface area contributed by atoms with E-state index in [9.17, 15) is 18.4 Å². The maximum atomic E-state index is 13.2. The van der Waals surface area contributed by atoms with Gasteiger partial charge in [0.1, 0.15) is 5.69 Å². The topological polar surface area (TPSA) is 62.3 Å². The van der Waals surface area contributed by atoms with E-state index in [1.54, 1.807) is 4.90 Å². The zero-order valence-electron chi connectivity index (χ0n) is 13.3. The van der Waals surface area contributed by atoms with Gasteiger partial charge in [0, 0.05) is 36.6 Å². The van der Waals surface area contributed by atoms with Crippen molar-refractivity contribution in [1.82, 2.24) is 9.88 Å². The quantitative estimate of drug-likeness (QED) is 0.914. The van der Waals surface area contributed by atoms with Gasteiger partial charge >= 0.3 is 0 Å². The minimum atomic E-state index is -1.06. The maximum absolute atomic E-state index is 13.2. The number of hydrogen-bond acceptors (Lipinski definition) is 3. The summed E-state index contributed by atoms with van der Waals surface area (Å²) in [6, 6.07) is 5.87. The Kier molecular flexibility index (Phi) is 5.57. The van der Waals surface area contributed by atoms with Crippen molar-refractivity contribution in [1.29, 1.82) is 0 Å². The third-order valence-electron chi connectivity index (χ3n) is 3.47. The van der Waals surface area contributed by atoms with Crippen molar-refractivity contribution in [3.05, 3.63) is 59.4 Å². The van der Waals surface area contributed by atoms with Gasteiger partial charge in [-0.15, -0.1) is 0 Å². The average Bonchev–Trinajstić information content (AvgIpc) is 2.59. The molecular weight excluding hydrogens is 316 g/mol. The van der Waals surface area contributed by atoms with Crippen LogP contribution in [0.15, 0.2) is 36.5 Å². The summed E-state index contributed by atoms with van der Waals surface area (Å²) >= 11 is 0. The number of anilines is 1. The maximum Gasteiger partial charge on any atom is 0.272 e. The Balaban J connectivity index is 2.19. The van der Waals surface area contributed by atoms with Crippen LogP contribution in [0.1, 0.15) is 34.7 Å². The summed E-state index contributed by atoms with van der Waals surface area (Å²) in [4.78, 5) is 30.0. The fourth-order valence-electron chi connectivity index (χ4n) is 2.14. The number of carbonyl (C=O) groups excluding carboxylic acids is 2. The van der Waals surface area contributed by atoms with E-state index in [1.807, 2.05) is 13.8 Å². The van der Waals surface area contributed by atoms with E-state index in [0.717, 1.165) is 12.1 Å². The van der Waals surface area contributed by atoms with Crippen LogP contribution in [0, 0.1) is 11.6 Å². The summed E-state index contributed by atoms with van der Waals surface area (Å²) in [5.41, 5.74) is 0.467. The molecule has 1 aromatic carbocycles. The third kappa shape index (κ3) is 3.92. The second kappa shape index (κ2) is 7.63. The highest BCUT2D eigenvalue weighted by atomic mass is 19.2. The number of rotatable bonds is 5. The number of halogens is 2. The number of aromatic nitrogens is 1. The lowest BCUT2D eigenvalue weighted by Crippen LogP contribution is -2.31. The number of carbonyl (C=O) groups is 2. The van der Waals surface area contributed by atoms with Crippen LogP contribution in [0.3, 0.4) is 0 Å². The average molecular weight is 333 g/mol. The molecule has 2 aromatic rings. The molecule has 0 aliphatic rings. The molecule has 1 N–H and O–H groups in total. The van der Waals surface area contributed by atoms with Gasteiger partial charge in [-0.3, -0.25) is 14.6 Å². The molecule has 1 aromatic heterocycles. The first-order valence-corrected chi connectivity index (χ1v) is 7.48. The summed E-state index contributed by atoms with van der Waals surface area (Å²) in [7, 11) is 0. The summed E-state index contributed by atoms with van der Waals surface area (Å²) in [6.07, 6.45) is 1.36. The molecule has 7 heteroatoms. The van der Waals surface area contributed by atoms with E-state index >= 15 is 0 Å². The molecule has 2 amide bonds. The number of hydrogen-bond donors (Lipinski definition) is 1. The van der Waals surface area contributed by atoms with E-state index in [0.29, 0.717) is 13.1 Å². The largest absolute Gasteiger partial charge is 0.338 e. The van der Waals surface area contributed by atoms with E-state index in [2.05, 4.69) is 10.3 Å². The molecule has 0 bridgehead atoms. The Labute approximate surface area is 138 Å². The molecule has 0 unspecified atom stereocenters. The van der Waals surface area contributed by atoms with E-state index < -0.39 is 17.5 Å². The van der Waals surface area contributed by atoms with E-state index in [-0.39, 0.29) is 22.9 Å². The number of nitrogens with zero attached hydrogens (tertiary/aromatic N) is 2. The van der Waals surface area contributed by atoms with Gasteiger partial charge in [0.25, 0.3) is 11.8 Å². The van der Waals surface area contributed by atoms with Crippen molar-refractivity contribution in [2.24, 2.45) is 0 Å². The van der Waals surface area contributed by atoms with Crippen molar-refractivity contribution in [2.45, 2.75) is 13.8 Å². The molecule has 24 heavy (non-hydrogen) atoms. The highest BCUT2D eigenvalue weighted by molar-refractivity contribution is 6.05. The number of benzene rings is 1. The Morgan fingerprint density at radius 3 is 2.42 bits per heavy atom. The van der Waals surface area contributed by atoms with Crippen LogP contribution in [0.25, 0.3) is 0 Å². The summed E-state index contributed by atoms with van der Waals surface area (Å²) in [5, 5.41) is 2.45. The van der Waals surface area contributed by atoms with Crippen LogP contribution in [0.4, 0.5) is 14.5 Å². The molecule has 0 aliphatic heterocycles. The van der Waals surface area contributed by atoms with Gasteiger partial charge in [-0.05, 0) is 38.1 Å². The van der Waals surface area contributed by atoms with Crippen LogP contribution in [-0.2, 0) is 0 Å². The smallest absolute Gasteiger partial charge is 0.272 e. The molecule has 0 saturated carbocycles. The van der Waals surface area contributed by atoms with Gasteiger partial charge in [-0.1, -0.05) is 0 Å². The summed E-state index contributed by atoms with van der Waals surface area (Å²) in [6.45, 7) is 4.76. The first-order chi connectivity index (χ1) is 11.5. The minimum Gasteiger partial charge on any atom is -0.338 e. The lowest BCUT2D eigenvalue weighted by Gasteiger charge is -2.18. The molecule has 2 rings (SSSR count). The highest BCUT2D eigenvalue weighted by Crippen LogP contribution is 2.15. The number of amides is 2. The van der Waals surface area contributed by atoms with Gasteiger partial charge in [0.2, 0.25) is 0 Å². The zero-order chi connectivity index (χ0) is 17.7. The molecule has 0 aliphatic carbocycles. The zero-order valence-corrected chi connectivity index (χ0v) is 13.3. The fourth-order valence-corrected chi connectivity index (χ4v) is 2.14. The molecule has 1 heterocycles. The van der Waals surface area contributed by atoms with Crippen molar-refractivity contribution in [2.75, 3.05) is 18.4 Å². The Hall–Kier alpha value is -2.83. The monoisotopic (exact) mass is 333 g/mol. The normalized spacial score (nSPS) is 10.3. The van der Waals surface area contributed by atoms with Crippen LogP contribution >= 0.6 is 0 Å². The Morgan fingerprint density at radius 2 is 1.79 bits per heavy atom. The molecule has 0 saturated heterocycles. The Bertz CT molecular complexity index is 761. The molecule has 0 spiro atoms. The van der Waals surface area contributed by atoms with Crippen LogP contribution < -0.4 is 5.32 Å². The van der Waals surface area contributed by atoms with Gasteiger partial charge in [0.15, 0.2) is 11.6 Å². The molecular formula is C17H17F2N3O2. The van der Waals surface area contributed by atoms with E-state index in [1.165, 1.54) is 24.4 Å². The summed E-state index contributed by atoms with van der Waals surface area (Å²) in [5.74, 6) is -2.87. The molecule has 5 nitrogen and oxygen atoms in total. The predicted molar refractivity (Wildman–Crippen MR) is 85.8 cm³/mol. The van der Waals surface area contributed by atoms with Crippen molar-refractivity contribution >= 4 is 17.5 Å². The number of nitrogens with one attached hydrogen (secondary N) is 1. The SMILES string of the molecule is CCN(CC)C(=O)c1cc(C(=O)Nc2ccc(F)c(F)c2)ccn1. The van der Waals surface area contributed by atoms with Gasteiger partial charge in [-0.25, -0.2) is 8.78 Å². The second-order valence-corrected chi connectivity index (χ2v) is 4.99. The standard InChI is InChI=1S/C17H17F2N3O2/c1-3-22(4-2)17(24)15-9-11(7-8-20-15)16(23)21-12-5-6-13(18)14(19)10-12/h5-10H,3-4H2,1-2H3,(H,21,23). The van der Waals surface area contributed by atoms with Gasteiger partial charge in [-0.2, -0.15) is 0 Å². The fraction of sp³-hybridized carbons (Fsp3) is 0.235. The van der Waals surface area contributed by atoms with E-state index in [4.69, 9.17) is 0 Å². The van der Waals surface area contributed by atoms with Gasteiger partial charge < -0.3 is 10.2 Å². The highest BCUT2D eigenvalue weighted by Gasteiger charge is 2.16. The van der Waals surface area contributed by atoms with Gasteiger partial charge in [0.05, 0.1) is 0 Å². The van der Waals surface area contributed by atoms with Crippen molar-refractivity contribution < 1.29 is 18.4 Å². The summed E-state index contributed by atoms with van der Waals surface area (Å²) < 4.78 is 26.1. The van der Waals surface area contributed by atoms with Crippen LogP contribution in [0.5, 0.6) is 0 Å². The number of pyridine rings is 1. The predicted octanol–water partition coefficient (Wildman–Crippen LogP) is 3.09. The minimum absolute atomic E-state index is 0.118. The second-order valence-electron chi connectivity index (χ2n) is 4.99. The first kappa shape index (κ1) is 17.5. The van der Waals surface area contributed by atoms with Crippen LogP contribution in [0.2, 0.25) is 0 Å². The molecule has 0 radical (unpaired) electrons. The molecule has 0 fully saturated rings. The Morgan fingerprint density at radius 1 is 1.08 bits per heavy atom. The third-order valence-corrected chi connectivity index (χ3v) is 3.47.